The zero-order valence-electron chi connectivity index (χ0n) is 15.8. The molecule has 2 atom stereocenters. The van der Waals surface area contributed by atoms with E-state index >= 15 is 0 Å². The molecule has 1 aromatic rings. The Morgan fingerprint density at radius 3 is 2.68 bits per heavy atom. The van der Waals surface area contributed by atoms with Crippen molar-refractivity contribution in [3.8, 4) is 11.5 Å². The number of halogens is 1. The lowest BCUT2D eigenvalue weighted by molar-refractivity contribution is -0.0180. The number of ether oxygens (including phenoxy) is 3. The van der Waals surface area contributed by atoms with E-state index in [-0.39, 0.29) is 0 Å². The Balaban J connectivity index is 1.77. The van der Waals surface area contributed by atoms with Gasteiger partial charge in [-0.1, -0.05) is 31.4 Å². The zero-order valence-corrected chi connectivity index (χ0v) is 16.6. The molecule has 0 aromatic heterocycles. The summed E-state index contributed by atoms with van der Waals surface area (Å²) in [5.74, 6) is 2.03. The minimum Gasteiger partial charge on any atom is -0.497 e. The molecule has 0 N–H and O–H groups in total. The second-order valence-corrected chi connectivity index (χ2v) is 7.23. The quantitative estimate of drug-likeness (QED) is 0.562. The smallest absolute Gasteiger partial charge is 0.124 e. The minimum absolute atomic E-state index is 0.299. The average Bonchev–Trinajstić information content (AvgIpc) is 2.62. The predicted octanol–water partition coefficient (Wildman–Crippen LogP) is 4.64. The zero-order chi connectivity index (χ0) is 18.1. The largest absolute Gasteiger partial charge is 0.497 e. The van der Waals surface area contributed by atoms with Gasteiger partial charge < -0.3 is 19.1 Å². The molecular weight excluding hydrogens is 338 g/mol. The molecule has 0 radical (unpaired) electrons. The van der Waals surface area contributed by atoms with Crippen LogP contribution >= 0.6 is 11.6 Å². The third-order valence-corrected chi connectivity index (χ3v) is 5.22. The molecule has 0 amide bonds. The maximum atomic E-state index is 6.08. The van der Waals surface area contributed by atoms with Crippen LogP contribution in [0.3, 0.4) is 0 Å². The second kappa shape index (κ2) is 10.9. The van der Waals surface area contributed by atoms with E-state index in [0.717, 1.165) is 24.5 Å². The third-order valence-electron chi connectivity index (χ3n) is 5.00. The van der Waals surface area contributed by atoms with E-state index in [1.165, 1.54) is 38.8 Å². The molecule has 0 unspecified atom stereocenters. The van der Waals surface area contributed by atoms with Gasteiger partial charge in [0.25, 0.3) is 0 Å². The Kier molecular flexibility index (Phi) is 8.87. The average molecular weight is 370 g/mol. The number of likely N-dealkylation sites (tertiary alicyclic amines) is 1. The molecule has 0 spiro atoms. The van der Waals surface area contributed by atoms with E-state index in [9.17, 15) is 0 Å². The lowest BCUT2D eigenvalue weighted by Crippen LogP contribution is -2.45. The third kappa shape index (κ3) is 6.69. The van der Waals surface area contributed by atoms with Crippen molar-refractivity contribution >= 4 is 11.6 Å². The van der Waals surface area contributed by atoms with Crippen LogP contribution in [-0.2, 0) is 4.74 Å². The molecule has 1 heterocycles. The van der Waals surface area contributed by atoms with Crippen LogP contribution in [0.4, 0.5) is 0 Å². The standard InChI is InChI=1S/C20H32ClNO3/c1-4-5-6-9-22-10-7-16(20(15-22)24-3)8-11-25-19-13-17(21)12-18(14-19)23-2/h12-14,16,20H,4-11,15H2,1-3H3/t16-,20+/m1/s1. The number of nitrogens with zero attached hydrogens (tertiary/aromatic N) is 1. The molecule has 1 aliphatic rings. The van der Waals surface area contributed by atoms with Crippen molar-refractivity contribution in [1.29, 1.82) is 0 Å². The summed E-state index contributed by atoms with van der Waals surface area (Å²) in [7, 11) is 3.46. The molecule has 4 nitrogen and oxygen atoms in total. The number of hydrogen-bond acceptors (Lipinski definition) is 4. The predicted molar refractivity (Wildman–Crippen MR) is 103 cm³/mol. The summed E-state index contributed by atoms with van der Waals surface area (Å²) in [6, 6.07) is 5.48. The van der Waals surface area contributed by atoms with Crippen LogP contribution in [0.1, 0.15) is 39.0 Å². The lowest BCUT2D eigenvalue weighted by atomic mass is 9.91. The molecule has 1 aromatic carbocycles. The highest BCUT2D eigenvalue weighted by molar-refractivity contribution is 6.30. The Labute approximate surface area is 157 Å². The van der Waals surface area contributed by atoms with Crippen LogP contribution in [0.5, 0.6) is 11.5 Å². The van der Waals surface area contributed by atoms with Crippen LogP contribution in [-0.4, -0.2) is 51.5 Å². The number of rotatable bonds is 10. The van der Waals surface area contributed by atoms with Gasteiger partial charge in [0.15, 0.2) is 0 Å². The fourth-order valence-electron chi connectivity index (χ4n) is 3.48. The van der Waals surface area contributed by atoms with Gasteiger partial charge in [0, 0.05) is 24.7 Å². The Morgan fingerprint density at radius 2 is 1.96 bits per heavy atom. The summed E-state index contributed by atoms with van der Waals surface area (Å²) < 4.78 is 16.9. The number of hydrogen-bond donors (Lipinski definition) is 0. The lowest BCUT2D eigenvalue weighted by Gasteiger charge is -2.37. The number of methoxy groups -OCH3 is 2. The van der Waals surface area contributed by atoms with E-state index in [0.29, 0.717) is 23.7 Å². The summed E-state index contributed by atoms with van der Waals surface area (Å²) in [6.07, 6.45) is 6.35. The molecule has 25 heavy (non-hydrogen) atoms. The van der Waals surface area contributed by atoms with Gasteiger partial charge in [-0.25, -0.2) is 0 Å². The number of piperidine rings is 1. The first-order chi connectivity index (χ1) is 12.2. The molecule has 142 valence electrons. The highest BCUT2D eigenvalue weighted by Gasteiger charge is 2.28. The molecule has 1 aliphatic heterocycles. The van der Waals surface area contributed by atoms with Gasteiger partial charge in [-0.2, -0.15) is 0 Å². The van der Waals surface area contributed by atoms with Crippen molar-refractivity contribution < 1.29 is 14.2 Å². The highest BCUT2D eigenvalue weighted by Crippen LogP contribution is 2.27. The van der Waals surface area contributed by atoms with E-state index in [4.69, 9.17) is 25.8 Å². The maximum absolute atomic E-state index is 6.08. The molecule has 1 fully saturated rings. The summed E-state index contributed by atoms with van der Waals surface area (Å²) in [5, 5.41) is 0.629. The van der Waals surface area contributed by atoms with Gasteiger partial charge in [-0.3, -0.25) is 0 Å². The van der Waals surface area contributed by atoms with E-state index in [1.807, 2.05) is 19.2 Å². The summed E-state index contributed by atoms with van der Waals surface area (Å²) in [5.41, 5.74) is 0. The fraction of sp³-hybridized carbons (Fsp3) is 0.700. The first-order valence-corrected chi connectivity index (χ1v) is 9.76. The van der Waals surface area contributed by atoms with Gasteiger partial charge in [0.05, 0.1) is 19.8 Å². The van der Waals surface area contributed by atoms with Crippen molar-refractivity contribution in [1.82, 2.24) is 4.90 Å². The normalized spacial score (nSPS) is 21.3. The monoisotopic (exact) mass is 369 g/mol. The van der Waals surface area contributed by atoms with Gasteiger partial charge in [0.2, 0.25) is 0 Å². The molecular formula is C20H32ClNO3. The van der Waals surface area contributed by atoms with Crippen LogP contribution in [0.25, 0.3) is 0 Å². The summed E-state index contributed by atoms with van der Waals surface area (Å²) >= 11 is 6.08. The van der Waals surface area contributed by atoms with Crippen molar-refractivity contribution in [2.75, 3.05) is 40.5 Å². The number of benzene rings is 1. The SMILES string of the molecule is CCCCCN1CC[C@H](CCOc2cc(Cl)cc(OC)c2)[C@@H](OC)C1. The van der Waals surface area contributed by atoms with Crippen molar-refractivity contribution in [2.24, 2.45) is 5.92 Å². The molecule has 1 saturated heterocycles. The van der Waals surface area contributed by atoms with Crippen LogP contribution in [0.15, 0.2) is 18.2 Å². The molecule has 0 bridgehead atoms. The van der Waals surface area contributed by atoms with E-state index in [2.05, 4.69) is 11.8 Å². The summed E-state index contributed by atoms with van der Waals surface area (Å²) in [6.45, 7) is 6.32. The Bertz CT molecular complexity index is 512. The summed E-state index contributed by atoms with van der Waals surface area (Å²) in [4.78, 5) is 2.54. The van der Waals surface area contributed by atoms with Crippen molar-refractivity contribution in [3.63, 3.8) is 0 Å². The maximum Gasteiger partial charge on any atom is 0.124 e. The van der Waals surface area contributed by atoms with Crippen molar-refractivity contribution in [3.05, 3.63) is 23.2 Å². The topological polar surface area (TPSA) is 30.9 Å². The second-order valence-electron chi connectivity index (χ2n) is 6.79. The van der Waals surface area contributed by atoms with Gasteiger partial charge >= 0.3 is 0 Å². The van der Waals surface area contributed by atoms with Crippen LogP contribution in [0, 0.1) is 5.92 Å². The van der Waals surface area contributed by atoms with Gasteiger partial charge in [-0.05, 0) is 50.4 Å². The van der Waals surface area contributed by atoms with Gasteiger partial charge in [-0.15, -0.1) is 0 Å². The molecule has 0 saturated carbocycles. The molecule has 2 rings (SSSR count). The molecule has 5 heteroatoms. The minimum atomic E-state index is 0.299. The van der Waals surface area contributed by atoms with E-state index in [1.54, 1.807) is 13.2 Å². The fourth-order valence-corrected chi connectivity index (χ4v) is 3.70. The first-order valence-electron chi connectivity index (χ1n) is 9.38. The van der Waals surface area contributed by atoms with Gasteiger partial charge in [0.1, 0.15) is 11.5 Å². The highest BCUT2D eigenvalue weighted by atomic mass is 35.5. The van der Waals surface area contributed by atoms with Crippen LogP contribution in [0.2, 0.25) is 5.02 Å². The van der Waals surface area contributed by atoms with Crippen LogP contribution < -0.4 is 9.47 Å². The number of unbranched alkanes of at least 4 members (excludes halogenated alkanes) is 2. The van der Waals surface area contributed by atoms with Crippen molar-refractivity contribution in [2.45, 2.75) is 45.1 Å². The Hall–Kier alpha value is -0.970. The van der Waals surface area contributed by atoms with E-state index < -0.39 is 0 Å². The molecule has 0 aliphatic carbocycles. The first kappa shape index (κ1) is 20.3. The Morgan fingerprint density at radius 1 is 1.16 bits per heavy atom.